The molecule has 1 aromatic rings. The maximum atomic E-state index is 10.3. The Labute approximate surface area is 136 Å². The second-order valence-corrected chi connectivity index (χ2v) is 12.6. The van der Waals surface area contributed by atoms with Crippen LogP contribution in [0.4, 0.5) is 0 Å². The Morgan fingerprint density at radius 1 is 1.18 bits per heavy atom. The predicted octanol–water partition coefficient (Wildman–Crippen LogP) is 4.91. The van der Waals surface area contributed by atoms with E-state index in [1.807, 2.05) is 32.0 Å². The molecular weight excluding hydrogens is 292 g/mol. The number of rotatable bonds is 6. The van der Waals surface area contributed by atoms with Crippen molar-refractivity contribution in [3.63, 3.8) is 0 Å². The van der Waals surface area contributed by atoms with Gasteiger partial charge in [0.2, 0.25) is 0 Å². The Bertz CT molecular complexity index is 490. The van der Waals surface area contributed by atoms with E-state index in [1.165, 1.54) is 0 Å². The molecular formula is C18H32O3Si. The second-order valence-electron chi connectivity index (χ2n) is 7.81. The molecule has 1 rings (SSSR count). The molecule has 0 bridgehead atoms. The van der Waals surface area contributed by atoms with E-state index in [-0.39, 0.29) is 11.0 Å². The Hall–Kier alpha value is -0.843. The number of hydrogen-bond donors (Lipinski definition) is 1. The molecule has 1 aromatic carbocycles. The maximum absolute atomic E-state index is 10.3. The predicted molar refractivity (Wildman–Crippen MR) is 94.8 cm³/mol. The summed E-state index contributed by atoms with van der Waals surface area (Å²) in [5, 5.41) is 10.5. The van der Waals surface area contributed by atoms with Crippen LogP contribution in [0, 0.1) is 5.92 Å². The Morgan fingerprint density at radius 2 is 1.77 bits per heavy atom. The molecule has 3 nitrogen and oxygen atoms in total. The van der Waals surface area contributed by atoms with Gasteiger partial charge in [-0.3, -0.25) is 0 Å². The van der Waals surface area contributed by atoms with E-state index in [2.05, 4.69) is 33.9 Å². The van der Waals surface area contributed by atoms with Crippen molar-refractivity contribution in [3.05, 3.63) is 29.3 Å². The first-order valence-electron chi connectivity index (χ1n) is 7.98. The van der Waals surface area contributed by atoms with Gasteiger partial charge in [-0.15, -0.1) is 0 Å². The van der Waals surface area contributed by atoms with Gasteiger partial charge in [0.05, 0.1) is 19.8 Å². The highest BCUT2D eigenvalue weighted by Gasteiger charge is 2.37. The highest BCUT2D eigenvalue weighted by molar-refractivity contribution is 6.74. The zero-order valence-corrected chi connectivity index (χ0v) is 16.4. The van der Waals surface area contributed by atoms with E-state index in [9.17, 15) is 5.11 Å². The van der Waals surface area contributed by atoms with Crippen molar-refractivity contribution in [2.75, 3.05) is 7.11 Å². The summed E-state index contributed by atoms with van der Waals surface area (Å²) in [5.74, 6) is 0.890. The van der Waals surface area contributed by atoms with Crippen LogP contribution in [0.15, 0.2) is 18.2 Å². The van der Waals surface area contributed by atoms with Gasteiger partial charge in [0.1, 0.15) is 5.75 Å². The zero-order chi connectivity index (χ0) is 17.1. The highest BCUT2D eigenvalue weighted by Crippen LogP contribution is 2.37. The SMILES string of the molecule is COc1cc(CO[Si](C)(C)C(C)(C)C)ccc1C(O)C(C)C. The van der Waals surface area contributed by atoms with Gasteiger partial charge < -0.3 is 14.3 Å². The summed E-state index contributed by atoms with van der Waals surface area (Å²) in [6, 6.07) is 5.96. The van der Waals surface area contributed by atoms with Crippen LogP contribution >= 0.6 is 0 Å². The van der Waals surface area contributed by atoms with Crippen molar-refractivity contribution in [2.24, 2.45) is 5.92 Å². The minimum Gasteiger partial charge on any atom is -0.496 e. The molecule has 1 atom stereocenters. The van der Waals surface area contributed by atoms with Crippen molar-refractivity contribution >= 4 is 8.32 Å². The molecule has 0 aliphatic heterocycles. The molecule has 1 N–H and O–H groups in total. The molecule has 0 heterocycles. The normalized spacial score (nSPS) is 14.3. The van der Waals surface area contributed by atoms with Crippen LogP contribution in [0.5, 0.6) is 5.75 Å². The number of aliphatic hydroxyl groups is 1. The summed E-state index contributed by atoms with van der Waals surface area (Å²) in [6.07, 6.45) is -0.509. The van der Waals surface area contributed by atoms with E-state index in [0.29, 0.717) is 6.61 Å². The monoisotopic (exact) mass is 324 g/mol. The first-order chi connectivity index (χ1) is 9.99. The first kappa shape index (κ1) is 19.2. The molecule has 126 valence electrons. The lowest BCUT2D eigenvalue weighted by atomic mass is 9.97. The largest absolute Gasteiger partial charge is 0.496 e. The van der Waals surface area contributed by atoms with Crippen LogP contribution in [0.3, 0.4) is 0 Å². The molecule has 0 aliphatic rings. The molecule has 0 spiro atoms. The summed E-state index contributed by atoms with van der Waals surface area (Å²) >= 11 is 0. The van der Waals surface area contributed by atoms with Crippen LogP contribution in [0.1, 0.15) is 51.8 Å². The summed E-state index contributed by atoms with van der Waals surface area (Å²) in [6.45, 7) is 15.8. The molecule has 0 aliphatic carbocycles. The van der Waals surface area contributed by atoms with Gasteiger partial charge in [0, 0.05) is 5.56 Å². The fraction of sp³-hybridized carbons (Fsp3) is 0.667. The minimum absolute atomic E-state index is 0.156. The van der Waals surface area contributed by atoms with E-state index in [4.69, 9.17) is 9.16 Å². The van der Waals surface area contributed by atoms with Crippen LogP contribution in [0.25, 0.3) is 0 Å². The third-order valence-electron chi connectivity index (χ3n) is 4.65. The third kappa shape index (κ3) is 4.57. The van der Waals surface area contributed by atoms with Crippen molar-refractivity contribution in [2.45, 2.75) is 65.5 Å². The highest BCUT2D eigenvalue weighted by atomic mass is 28.4. The van der Waals surface area contributed by atoms with E-state index in [0.717, 1.165) is 16.9 Å². The van der Waals surface area contributed by atoms with Gasteiger partial charge in [-0.25, -0.2) is 0 Å². The lowest BCUT2D eigenvalue weighted by molar-refractivity contribution is 0.123. The van der Waals surface area contributed by atoms with Crippen molar-refractivity contribution in [3.8, 4) is 5.75 Å². The lowest BCUT2D eigenvalue weighted by Crippen LogP contribution is -2.40. The molecule has 22 heavy (non-hydrogen) atoms. The molecule has 0 aromatic heterocycles. The maximum Gasteiger partial charge on any atom is 0.192 e. The fourth-order valence-electron chi connectivity index (χ4n) is 1.93. The molecule has 0 saturated carbocycles. The second kappa shape index (κ2) is 7.15. The number of aliphatic hydroxyl groups excluding tert-OH is 1. The number of methoxy groups -OCH3 is 1. The minimum atomic E-state index is -1.76. The average Bonchev–Trinajstić information content (AvgIpc) is 2.42. The van der Waals surface area contributed by atoms with Gasteiger partial charge >= 0.3 is 0 Å². The Morgan fingerprint density at radius 3 is 2.23 bits per heavy atom. The van der Waals surface area contributed by atoms with Gasteiger partial charge in [0.15, 0.2) is 8.32 Å². The first-order valence-corrected chi connectivity index (χ1v) is 10.9. The molecule has 1 unspecified atom stereocenters. The van der Waals surface area contributed by atoms with Gasteiger partial charge in [-0.2, -0.15) is 0 Å². The van der Waals surface area contributed by atoms with Gasteiger partial charge in [-0.05, 0) is 35.7 Å². The van der Waals surface area contributed by atoms with Gasteiger partial charge in [0.25, 0.3) is 0 Å². The van der Waals surface area contributed by atoms with Gasteiger partial charge in [-0.1, -0.05) is 46.8 Å². The van der Waals surface area contributed by atoms with E-state index < -0.39 is 14.4 Å². The summed E-state index contributed by atoms with van der Waals surface area (Å²) in [5.41, 5.74) is 1.93. The van der Waals surface area contributed by atoms with Crippen LogP contribution in [0.2, 0.25) is 18.1 Å². The standard InChI is InChI=1S/C18H32O3Si/c1-13(2)17(19)15-10-9-14(11-16(15)20-6)12-21-22(7,8)18(3,4)5/h9-11,13,17,19H,12H2,1-8H3. The Balaban J connectivity index is 2.91. The lowest BCUT2D eigenvalue weighted by Gasteiger charge is -2.36. The zero-order valence-electron chi connectivity index (χ0n) is 15.4. The third-order valence-corrected chi connectivity index (χ3v) is 9.13. The van der Waals surface area contributed by atoms with Crippen molar-refractivity contribution in [1.82, 2.24) is 0 Å². The molecule has 4 heteroatoms. The van der Waals surface area contributed by atoms with Crippen molar-refractivity contribution < 1.29 is 14.3 Å². The summed E-state index contributed by atoms with van der Waals surface area (Å²) < 4.78 is 11.7. The average molecular weight is 325 g/mol. The smallest absolute Gasteiger partial charge is 0.192 e. The fourth-order valence-corrected chi connectivity index (χ4v) is 2.89. The van der Waals surface area contributed by atoms with E-state index in [1.54, 1.807) is 7.11 Å². The van der Waals surface area contributed by atoms with Crippen LogP contribution < -0.4 is 4.74 Å². The van der Waals surface area contributed by atoms with Crippen LogP contribution in [-0.4, -0.2) is 20.5 Å². The molecule has 0 saturated heterocycles. The number of benzene rings is 1. The molecule has 0 radical (unpaired) electrons. The number of hydrogen-bond acceptors (Lipinski definition) is 3. The topological polar surface area (TPSA) is 38.7 Å². The van der Waals surface area contributed by atoms with Crippen LogP contribution in [-0.2, 0) is 11.0 Å². The number of ether oxygens (including phenoxy) is 1. The summed E-state index contributed by atoms with van der Waals surface area (Å²) in [7, 11) is -0.116. The summed E-state index contributed by atoms with van der Waals surface area (Å²) in [4.78, 5) is 0. The quantitative estimate of drug-likeness (QED) is 0.756. The molecule has 0 amide bonds. The van der Waals surface area contributed by atoms with Crippen molar-refractivity contribution in [1.29, 1.82) is 0 Å². The molecule has 0 fully saturated rings. The Kier molecular flexibility index (Phi) is 6.24. The van der Waals surface area contributed by atoms with E-state index >= 15 is 0 Å².